The van der Waals surface area contributed by atoms with Crippen LogP contribution < -0.4 is 0 Å². The summed E-state index contributed by atoms with van der Waals surface area (Å²) in [5, 5.41) is 0. The molecule has 3 heteroatoms. The van der Waals surface area contributed by atoms with Crippen LogP contribution in [0, 0.1) is 0 Å². The molecule has 0 spiro atoms. The summed E-state index contributed by atoms with van der Waals surface area (Å²) in [6, 6.07) is 9.37. The van der Waals surface area contributed by atoms with Crippen molar-refractivity contribution in [3.63, 3.8) is 0 Å². The van der Waals surface area contributed by atoms with E-state index in [2.05, 4.69) is 13.0 Å². The summed E-state index contributed by atoms with van der Waals surface area (Å²) < 4.78 is 5.40. The molecule has 3 nitrogen and oxygen atoms in total. The molecule has 124 valence electrons. The Balaban J connectivity index is 1.94. The number of hydrogen-bond acceptors (Lipinski definition) is 3. The van der Waals surface area contributed by atoms with Crippen molar-refractivity contribution < 1.29 is 14.3 Å². The molecule has 1 unspecified atom stereocenters. The first-order valence-electron chi connectivity index (χ1n) is 8.67. The van der Waals surface area contributed by atoms with Crippen LogP contribution in [0.25, 0.3) is 0 Å². The minimum atomic E-state index is -0.121. The Morgan fingerprint density at radius 3 is 2.65 bits per heavy atom. The number of unbranched alkanes of at least 4 members (excludes halogenated alkanes) is 3. The molecule has 1 aliphatic rings. The normalized spacial score (nSPS) is 18.0. The summed E-state index contributed by atoms with van der Waals surface area (Å²) in [6.45, 7) is 2.18. The number of benzene rings is 1. The van der Waals surface area contributed by atoms with Gasteiger partial charge in [0.15, 0.2) is 5.78 Å². The van der Waals surface area contributed by atoms with Crippen LogP contribution in [0.15, 0.2) is 42.0 Å². The average Bonchev–Trinajstić information content (AvgIpc) is 3.01. The molecule has 1 saturated heterocycles. The van der Waals surface area contributed by atoms with E-state index in [0.717, 1.165) is 30.4 Å². The van der Waals surface area contributed by atoms with Gasteiger partial charge >= 0.3 is 5.97 Å². The Morgan fingerprint density at radius 1 is 1.22 bits per heavy atom. The lowest BCUT2D eigenvalue weighted by molar-refractivity contribution is -0.140. The van der Waals surface area contributed by atoms with Crippen LogP contribution in [0.3, 0.4) is 0 Å². The maximum absolute atomic E-state index is 12.3. The van der Waals surface area contributed by atoms with Gasteiger partial charge in [0.25, 0.3) is 0 Å². The molecule has 0 amide bonds. The van der Waals surface area contributed by atoms with Crippen molar-refractivity contribution in [1.29, 1.82) is 0 Å². The van der Waals surface area contributed by atoms with E-state index in [0.29, 0.717) is 19.3 Å². The SMILES string of the molecule is CCCCC/C=C(\CCC(=O)c1ccccc1)C1CCC(=O)O1. The largest absolute Gasteiger partial charge is 0.458 e. The van der Waals surface area contributed by atoms with Gasteiger partial charge in [-0.15, -0.1) is 0 Å². The van der Waals surface area contributed by atoms with Crippen molar-refractivity contribution in [3.05, 3.63) is 47.5 Å². The predicted molar refractivity (Wildman–Crippen MR) is 91.3 cm³/mol. The van der Waals surface area contributed by atoms with Crippen molar-refractivity contribution in [2.45, 2.75) is 64.4 Å². The molecule has 1 heterocycles. The molecule has 0 aromatic heterocycles. The lowest BCUT2D eigenvalue weighted by Crippen LogP contribution is -2.12. The molecule has 0 aliphatic carbocycles. The van der Waals surface area contributed by atoms with Gasteiger partial charge in [0, 0.05) is 18.4 Å². The number of ether oxygens (including phenoxy) is 1. The zero-order chi connectivity index (χ0) is 16.5. The fraction of sp³-hybridized carbons (Fsp3) is 0.500. The molecule has 23 heavy (non-hydrogen) atoms. The third-order valence-corrected chi connectivity index (χ3v) is 4.25. The Morgan fingerprint density at radius 2 is 2.00 bits per heavy atom. The van der Waals surface area contributed by atoms with E-state index in [-0.39, 0.29) is 17.9 Å². The number of allylic oxidation sites excluding steroid dienone is 1. The maximum atomic E-state index is 12.3. The highest BCUT2D eigenvalue weighted by Crippen LogP contribution is 2.26. The lowest BCUT2D eigenvalue weighted by Gasteiger charge is -2.14. The standard InChI is InChI=1S/C20H26O3/c1-2-3-4-6-11-17(19-14-15-20(22)23-19)12-13-18(21)16-9-7-5-8-10-16/h5,7-11,19H,2-4,6,12-15H2,1H3/b17-11+. The van der Waals surface area contributed by atoms with Gasteiger partial charge < -0.3 is 4.74 Å². The zero-order valence-electron chi connectivity index (χ0n) is 13.9. The molecule has 0 bridgehead atoms. The van der Waals surface area contributed by atoms with Gasteiger partial charge in [0.1, 0.15) is 6.10 Å². The summed E-state index contributed by atoms with van der Waals surface area (Å²) in [7, 11) is 0. The molecule has 0 radical (unpaired) electrons. The molecule has 2 rings (SSSR count). The van der Waals surface area contributed by atoms with E-state index < -0.39 is 0 Å². The van der Waals surface area contributed by atoms with Gasteiger partial charge in [0.05, 0.1) is 0 Å². The van der Waals surface area contributed by atoms with E-state index in [4.69, 9.17) is 4.74 Å². The third kappa shape index (κ3) is 5.66. The second-order valence-electron chi connectivity index (χ2n) is 6.08. The van der Waals surface area contributed by atoms with Crippen LogP contribution in [0.5, 0.6) is 0 Å². The highest BCUT2D eigenvalue weighted by atomic mass is 16.5. The number of rotatable bonds is 9. The Labute approximate surface area is 138 Å². The van der Waals surface area contributed by atoms with Crippen LogP contribution in [-0.2, 0) is 9.53 Å². The average molecular weight is 314 g/mol. The van der Waals surface area contributed by atoms with Gasteiger partial charge in [0.2, 0.25) is 0 Å². The topological polar surface area (TPSA) is 43.4 Å². The van der Waals surface area contributed by atoms with E-state index in [1.54, 1.807) is 0 Å². The Hall–Kier alpha value is -1.90. The molecule has 1 aliphatic heterocycles. The van der Waals surface area contributed by atoms with Crippen LogP contribution in [0.2, 0.25) is 0 Å². The van der Waals surface area contributed by atoms with Gasteiger partial charge in [-0.1, -0.05) is 56.2 Å². The summed E-state index contributed by atoms with van der Waals surface area (Å²) >= 11 is 0. The number of hydrogen-bond donors (Lipinski definition) is 0. The molecule has 0 N–H and O–H groups in total. The number of cyclic esters (lactones) is 1. The van der Waals surface area contributed by atoms with Gasteiger partial charge in [-0.2, -0.15) is 0 Å². The lowest BCUT2D eigenvalue weighted by atomic mass is 9.96. The number of esters is 1. The van der Waals surface area contributed by atoms with Crippen LogP contribution in [-0.4, -0.2) is 17.9 Å². The van der Waals surface area contributed by atoms with E-state index in [1.807, 2.05) is 30.3 Å². The summed E-state index contributed by atoms with van der Waals surface area (Å²) in [6.07, 6.45) is 9.00. The molecular formula is C20H26O3. The highest BCUT2D eigenvalue weighted by Gasteiger charge is 2.26. The first-order chi connectivity index (χ1) is 11.2. The third-order valence-electron chi connectivity index (χ3n) is 4.25. The van der Waals surface area contributed by atoms with Gasteiger partial charge in [-0.05, 0) is 31.3 Å². The van der Waals surface area contributed by atoms with Crippen LogP contribution >= 0.6 is 0 Å². The molecule has 1 aromatic carbocycles. The minimum Gasteiger partial charge on any atom is -0.458 e. The van der Waals surface area contributed by atoms with Gasteiger partial charge in [-0.3, -0.25) is 9.59 Å². The second-order valence-corrected chi connectivity index (χ2v) is 6.08. The quantitative estimate of drug-likeness (QED) is 0.283. The van der Waals surface area contributed by atoms with E-state index in [9.17, 15) is 9.59 Å². The van der Waals surface area contributed by atoms with Crippen molar-refractivity contribution in [1.82, 2.24) is 0 Å². The molecule has 1 fully saturated rings. The molecular weight excluding hydrogens is 288 g/mol. The van der Waals surface area contributed by atoms with E-state index >= 15 is 0 Å². The molecule has 0 saturated carbocycles. The summed E-state index contributed by atoms with van der Waals surface area (Å²) in [5.41, 5.74) is 1.87. The van der Waals surface area contributed by atoms with Crippen LogP contribution in [0.4, 0.5) is 0 Å². The van der Waals surface area contributed by atoms with Crippen molar-refractivity contribution in [3.8, 4) is 0 Å². The first kappa shape index (κ1) is 17.5. The fourth-order valence-corrected chi connectivity index (χ4v) is 2.89. The monoisotopic (exact) mass is 314 g/mol. The number of Topliss-reactive ketones (excluding diaryl/α,β-unsaturated/α-hetero) is 1. The molecule has 1 aromatic rings. The minimum absolute atomic E-state index is 0.118. The number of carbonyl (C=O) groups excluding carboxylic acids is 2. The first-order valence-corrected chi connectivity index (χ1v) is 8.67. The smallest absolute Gasteiger partial charge is 0.306 e. The van der Waals surface area contributed by atoms with Gasteiger partial charge in [-0.25, -0.2) is 0 Å². The fourth-order valence-electron chi connectivity index (χ4n) is 2.89. The highest BCUT2D eigenvalue weighted by molar-refractivity contribution is 5.96. The van der Waals surface area contributed by atoms with Crippen LogP contribution in [0.1, 0.15) is 68.6 Å². The predicted octanol–water partition coefficient (Wildman–Crippen LogP) is 4.86. The maximum Gasteiger partial charge on any atom is 0.306 e. The van der Waals surface area contributed by atoms with Crippen molar-refractivity contribution in [2.75, 3.05) is 0 Å². The number of carbonyl (C=O) groups is 2. The number of ketones is 1. The zero-order valence-corrected chi connectivity index (χ0v) is 13.9. The Kier molecular flexibility index (Phi) is 7.05. The second kappa shape index (κ2) is 9.29. The van der Waals surface area contributed by atoms with E-state index in [1.165, 1.54) is 12.8 Å². The van der Waals surface area contributed by atoms with Crippen molar-refractivity contribution >= 4 is 11.8 Å². The summed E-state index contributed by atoms with van der Waals surface area (Å²) in [5.74, 6) is 0.0261. The Bertz CT molecular complexity index is 545. The summed E-state index contributed by atoms with van der Waals surface area (Å²) in [4.78, 5) is 23.6. The van der Waals surface area contributed by atoms with Crippen molar-refractivity contribution in [2.24, 2.45) is 0 Å². The molecule has 1 atom stereocenters.